The van der Waals surface area contributed by atoms with Crippen LogP contribution in [-0.2, 0) is 14.9 Å². The van der Waals surface area contributed by atoms with E-state index < -0.39 is 5.60 Å². The van der Waals surface area contributed by atoms with Crippen molar-refractivity contribution in [3.63, 3.8) is 0 Å². The third-order valence-corrected chi connectivity index (χ3v) is 6.32. The third kappa shape index (κ3) is 3.32. The molecule has 0 radical (unpaired) electrons. The van der Waals surface area contributed by atoms with E-state index in [9.17, 15) is 9.59 Å². The molecule has 1 N–H and O–H groups in total. The number of anilines is 1. The van der Waals surface area contributed by atoms with Gasteiger partial charge in [-0.25, -0.2) is 4.79 Å². The monoisotopic (exact) mass is 370 g/mol. The fourth-order valence-corrected chi connectivity index (χ4v) is 4.90. The van der Waals surface area contributed by atoms with E-state index in [0.717, 1.165) is 44.2 Å². The van der Waals surface area contributed by atoms with Crippen molar-refractivity contribution in [3.8, 4) is 0 Å². The quantitative estimate of drug-likeness (QED) is 0.788. The topological polar surface area (TPSA) is 58.6 Å². The van der Waals surface area contributed by atoms with Crippen molar-refractivity contribution in [2.45, 2.75) is 76.2 Å². The Kier molecular flexibility index (Phi) is 4.44. The molecule has 5 nitrogen and oxygen atoms in total. The number of nitrogens with zero attached hydrogens (tertiary/aromatic N) is 1. The number of carbonyl (C=O) groups excluding carboxylic acids is 2. The molecule has 0 atom stereocenters. The van der Waals surface area contributed by atoms with Crippen molar-refractivity contribution in [2.24, 2.45) is 0 Å². The Labute approximate surface area is 161 Å². The van der Waals surface area contributed by atoms with E-state index in [1.54, 1.807) is 0 Å². The van der Waals surface area contributed by atoms with Crippen LogP contribution in [0.2, 0.25) is 0 Å². The molecule has 2 amide bonds. The second-order valence-electron chi connectivity index (χ2n) is 9.29. The summed E-state index contributed by atoms with van der Waals surface area (Å²) in [5.41, 5.74) is 2.75. The van der Waals surface area contributed by atoms with Crippen LogP contribution >= 0.6 is 0 Å². The van der Waals surface area contributed by atoms with Gasteiger partial charge in [0.1, 0.15) is 5.60 Å². The average Bonchev–Trinajstić information content (AvgIpc) is 3.20. The number of amides is 2. The number of ether oxygens (including phenoxy) is 1. The van der Waals surface area contributed by atoms with Gasteiger partial charge >= 0.3 is 6.09 Å². The van der Waals surface area contributed by atoms with Gasteiger partial charge < -0.3 is 15.0 Å². The average molecular weight is 370 g/mol. The lowest BCUT2D eigenvalue weighted by Gasteiger charge is -2.33. The number of carbonyl (C=O) groups is 2. The van der Waals surface area contributed by atoms with Gasteiger partial charge in [-0.1, -0.05) is 25.0 Å². The zero-order chi connectivity index (χ0) is 19.2. The number of rotatable bonds is 1. The summed E-state index contributed by atoms with van der Waals surface area (Å²) in [6, 6.07) is 6.55. The SMILES string of the molecule is CC(C)(C)OC(=O)N1CCC(c2ccc3c(c2)NC(=O)C32CCCC2)CC1. The highest BCUT2D eigenvalue weighted by atomic mass is 16.6. The van der Waals surface area contributed by atoms with Gasteiger partial charge in [0, 0.05) is 18.8 Å². The van der Waals surface area contributed by atoms with Crippen molar-refractivity contribution in [2.75, 3.05) is 18.4 Å². The van der Waals surface area contributed by atoms with Gasteiger partial charge in [0.15, 0.2) is 0 Å². The maximum atomic E-state index is 12.6. The van der Waals surface area contributed by atoms with Gasteiger partial charge in [-0.3, -0.25) is 4.79 Å². The first-order chi connectivity index (χ1) is 12.8. The van der Waals surface area contributed by atoms with E-state index in [1.165, 1.54) is 11.1 Å². The minimum Gasteiger partial charge on any atom is -0.444 e. The van der Waals surface area contributed by atoms with Gasteiger partial charge in [0.05, 0.1) is 5.41 Å². The van der Waals surface area contributed by atoms with Crippen LogP contribution in [0, 0.1) is 0 Å². The zero-order valence-corrected chi connectivity index (χ0v) is 16.6. The lowest BCUT2D eigenvalue weighted by atomic mass is 9.79. The molecule has 4 rings (SSSR count). The van der Waals surface area contributed by atoms with Gasteiger partial charge in [-0.2, -0.15) is 0 Å². The molecule has 5 heteroatoms. The number of benzene rings is 1. The molecule has 1 aromatic rings. The Balaban J connectivity index is 1.44. The molecule has 2 heterocycles. The molecule has 0 bridgehead atoms. The van der Waals surface area contributed by atoms with Crippen molar-refractivity contribution in [1.82, 2.24) is 4.90 Å². The molecule has 1 saturated heterocycles. The van der Waals surface area contributed by atoms with E-state index in [1.807, 2.05) is 25.7 Å². The molecule has 0 aromatic heterocycles. The van der Waals surface area contributed by atoms with E-state index in [0.29, 0.717) is 19.0 Å². The molecule has 146 valence electrons. The molecule has 1 aliphatic carbocycles. The lowest BCUT2D eigenvalue weighted by Crippen LogP contribution is -2.41. The summed E-state index contributed by atoms with van der Waals surface area (Å²) < 4.78 is 5.48. The summed E-state index contributed by atoms with van der Waals surface area (Å²) in [6.45, 7) is 7.12. The largest absolute Gasteiger partial charge is 0.444 e. The second-order valence-corrected chi connectivity index (χ2v) is 9.29. The maximum absolute atomic E-state index is 12.6. The number of nitrogens with one attached hydrogen (secondary N) is 1. The summed E-state index contributed by atoms with van der Waals surface area (Å²) in [5, 5.41) is 3.14. The molecule has 1 spiro atoms. The fraction of sp³-hybridized carbons (Fsp3) is 0.636. The zero-order valence-electron chi connectivity index (χ0n) is 16.6. The molecule has 3 aliphatic rings. The number of fused-ring (bicyclic) bond motifs is 2. The first-order valence-electron chi connectivity index (χ1n) is 10.2. The summed E-state index contributed by atoms with van der Waals surface area (Å²) in [4.78, 5) is 26.7. The standard InChI is InChI=1S/C22H30N2O3/c1-21(2,3)27-20(26)24-12-8-15(9-13-24)16-6-7-17-18(14-16)23-19(25)22(17)10-4-5-11-22/h6-7,14-15H,4-5,8-13H2,1-3H3,(H,23,25). The van der Waals surface area contributed by atoms with E-state index in [-0.39, 0.29) is 17.4 Å². The van der Waals surface area contributed by atoms with Gasteiger partial charge in [0.25, 0.3) is 0 Å². The Bertz CT molecular complexity index is 751. The first-order valence-corrected chi connectivity index (χ1v) is 10.2. The minimum atomic E-state index is -0.456. The summed E-state index contributed by atoms with van der Waals surface area (Å²) >= 11 is 0. The summed E-state index contributed by atoms with van der Waals surface area (Å²) in [5.74, 6) is 0.609. The number of likely N-dealkylation sites (tertiary alicyclic amines) is 1. The normalized spacial score (nSPS) is 22.0. The predicted molar refractivity (Wildman–Crippen MR) is 105 cm³/mol. The number of hydrogen-bond donors (Lipinski definition) is 1. The first kappa shape index (κ1) is 18.3. The molecular formula is C22H30N2O3. The maximum Gasteiger partial charge on any atom is 0.410 e. The predicted octanol–water partition coefficient (Wildman–Crippen LogP) is 4.57. The van der Waals surface area contributed by atoms with E-state index in [4.69, 9.17) is 4.74 Å². The highest BCUT2D eigenvalue weighted by molar-refractivity contribution is 6.06. The summed E-state index contributed by atoms with van der Waals surface area (Å²) in [7, 11) is 0. The van der Waals surface area contributed by atoms with Crippen LogP contribution in [0.15, 0.2) is 18.2 Å². The Hall–Kier alpha value is -2.04. The van der Waals surface area contributed by atoms with Crippen LogP contribution in [0.1, 0.15) is 76.3 Å². The van der Waals surface area contributed by atoms with Gasteiger partial charge in [0.2, 0.25) is 5.91 Å². The fourth-order valence-electron chi connectivity index (χ4n) is 4.90. The molecule has 2 fully saturated rings. The smallest absolute Gasteiger partial charge is 0.410 e. The number of hydrogen-bond acceptors (Lipinski definition) is 3. The highest BCUT2D eigenvalue weighted by Gasteiger charge is 2.48. The van der Waals surface area contributed by atoms with Crippen LogP contribution in [0.5, 0.6) is 0 Å². The van der Waals surface area contributed by atoms with E-state index >= 15 is 0 Å². The van der Waals surface area contributed by atoms with Crippen molar-refractivity contribution in [1.29, 1.82) is 0 Å². The van der Waals surface area contributed by atoms with Crippen molar-refractivity contribution < 1.29 is 14.3 Å². The van der Waals surface area contributed by atoms with Crippen molar-refractivity contribution >= 4 is 17.7 Å². The molecule has 1 aromatic carbocycles. The Morgan fingerprint density at radius 2 is 1.85 bits per heavy atom. The van der Waals surface area contributed by atoms with Crippen LogP contribution in [0.3, 0.4) is 0 Å². The molecule has 0 unspecified atom stereocenters. The third-order valence-electron chi connectivity index (χ3n) is 6.32. The minimum absolute atomic E-state index is 0.187. The van der Waals surface area contributed by atoms with Crippen molar-refractivity contribution in [3.05, 3.63) is 29.3 Å². The summed E-state index contributed by atoms with van der Waals surface area (Å²) in [6.07, 6.45) is 5.85. The lowest BCUT2D eigenvalue weighted by molar-refractivity contribution is -0.120. The highest BCUT2D eigenvalue weighted by Crippen LogP contribution is 2.49. The van der Waals surface area contributed by atoms with E-state index in [2.05, 4.69) is 23.5 Å². The van der Waals surface area contributed by atoms with Crippen LogP contribution in [0.25, 0.3) is 0 Å². The van der Waals surface area contributed by atoms with Gasteiger partial charge in [-0.05, 0) is 69.6 Å². The molecule has 27 heavy (non-hydrogen) atoms. The number of piperidine rings is 1. The molecule has 2 aliphatic heterocycles. The molecular weight excluding hydrogens is 340 g/mol. The van der Waals surface area contributed by atoms with Crippen LogP contribution < -0.4 is 5.32 Å². The Morgan fingerprint density at radius 1 is 1.19 bits per heavy atom. The van der Waals surface area contributed by atoms with Gasteiger partial charge in [-0.15, -0.1) is 0 Å². The second kappa shape index (κ2) is 6.54. The van der Waals surface area contributed by atoms with Crippen LogP contribution in [0.4, 0.5) is 10.5 Å². The van der Waals surface area contributed by atoms with Crippen LogP contribution in [-0.4, -0.2) is 35.6 Å². The Morgan fingerprint density at radius 3 is 2.48 bits per heavy atom. The molecule has 1 saturated carbocycles.